The second-order valence-electron chi connectivity index (χ2n) is 22.5. The average Bonchev–Trinajstić information content (AvgIpc) is 1.78. The molecule has 18 nitrogen and oxygen atoms in total. The van der Waals surface area contributed by atoms with E-state index in [-0.39, 0.29) is 11.8 Å². The third kappa shape index (κ3) is 10.5. The molecule has 2 saturated heterocycles. The second kappa shape index (κ2) is 22.0. The van der Waals surface area contributed by atoms with Crippen molar-refractivity contribution in [1.82, 2.24) is 49.7 Å². The van der Waals surface area contributed by atoms with E-state index in [1.807, 2.05) is 169 Å². The molecule has 15 rings (SSSR count). The molecule has 2 amide bonds. The zero-order valence-electron chi connectivity index (χ0n) is 48.7. The average molecular weight is 1160 g/mol. The lowest BCUT2D eigenvalue weighted by atomic mass is 10.1. The van der Waals surface area contributed by atoms with Gasteiger partial charge >= 0.3 is 0 Å². The van der Waals surface area contributed by atoms with E-state index >= 15 is 0 Å². The van der Waals surface area contributed by atoms with Gasteiger partial charge < -0.3 is 48.5 Å². The van der Waals surface area contributed by atoms with Gasteiger partial charge in [0.1, 0.15) is 68.6 Å². The van der Waals surface area contributed by atoms with Crippen molar-refractivity contribution in [3.05, 3.63) is 181 Å². The van der Waals surface area contributed by atoms with Gasteiger partial charge in [-0.3, -0.25) is 9.59 Å². The molecule has 4 aliphatic rings. The summed E-state index contributed by atoms with van der Waals surface area (Å²) in [5.41, 5.74) is 9.16. The SMILES string of the molecule is CC(=O)N1CCN(c2ccc(Oc3ccc4c(c3)-c3nc-4nc4[nH]c(nc5nc(nc6[nH]c(n3)c3ccc(Oc7ccc(N8CCN(C(C)=O)CC8)cc7)cc63)-c3ccc(Oc6cccc(C)c6)cc3-5)c3ccc(Oc5cccc(C)c5)cc43)cc2)CC1. The van der Waals surface area contributed by atoms with E-state index in [0.29, 0.717) is 129 Å². The molecular formula is C70H58N12O6. The van der Waals surface area contributed by atoms with Gasteiger partial charge in [0.25, 0.3) is 0 Å². The number of aromatic amines is 2. The molecule has 0 radical (unpaired) electrons. The molecule has 18 heteroatoms. The molecule has 0 spiro atoms. The van der Waals surface area contributed by atoms with Crippen LogP contribution < -0.4 is 28.7 Å². The van der Waals surface area contributed by atoms with Gasteiger partial charge in [0.2, 0.25) is 11.8 Å². The molecule has 8 bridgehead atoms. The first-order valence-electron chi connectivity index (χ1n) is 29.4. The number of piperazine rings is 2. The van der Waals surface area contributed by atoms with Crippen molar-refractivity contribution in [3.63, 3.8) is 0 Å². The van der Waals surface area contributed by atoms with Gasteiger partial charge in [-0.1, -0.05) is 24.3 Å². The quantitative estimate of drug-likeness (QED) is 0.131. The number of aryl methyl sites for hydroxylation is 2. The van der Waals surface area contributed by atoms with Crippen LogP contribution in [0.3, 0.4) is 0 Å². The minimum Gasteiger partial charge on any atom is -0.457 e. The number of carbonyl (C=O) groups excluding carboxylic acids is 2. The van der Waals surface area contributed by atoms with Gasteiger partial charge in [0, 0.05) is 121 Å². The van der Waals surface area contributed by atoms with Crippen LogP contribution in [0.2, 0.25) is 0 Å². The maximum atomic E-state index is 12.0. The topological polar surface area (TPSA) is 193 Å². The Morgan fingerprint density at radius 1 is 0.341 bits per heavy atom. The molecular weight excluding hydrogens is 1100 g/mol. The Balaban J connectivity index is 0.882. The summed E-state index contributed by atoms with van der Waals surface area (Å²) < 4.78 is 26.2. The maximum absolute atomic E-state index is 12.0. The molecule has 0 saturated carbocycles. The molecule has 8 aromatic carbocycles. The van der Waals surface area contributed by atoms with Crippen LogP contribution in [0.4, 0.5) is 11.4 Å². The largest absolute Gasteiger partial charge is 0.457 e. The summed E-state index contributed by atoms with van der Waals surface area (Å²) in [6.07, 6.45) is 0. The van der Waals surface area contributed by atoms with Crippen LogP contribution in [0.1, 0.15) is 25.0 Å². The lowest BCUT2D eigenvalue weighted by Crippen LogP contribution is -2.48. The number of benzene rings is 8. The van der Waals surface area contributed by atoms with E-state index in [1.165, 1.54) is 0 Å². The van der Waals surface area contributed by atoms with Crippen LogP contribution in [0, 0.1) is 13.8 Å². The molecule has 2 N–H and O–H groups in total. The minimum atomic E-state index is 0.0977. The molecule has 2 fully saturated rings. The summed E-state index contributed by atoms with van der Waals surface area (Å²) >= 11 is 0. The van der Waals surface area contributed by atoms with Crippen LogP contribution in [0.5, 0.6) is 46.0 Å². The number of nitrogens with zero attached hydrogens (tertiary/aromatic N) is 10. The van der Waals surface area contributed by atoms with E-state index in [4.69, 9.17) is 48.9 Å². The van der Waals surface area contributed by atoms with Gasteiger partial charge in [-0.2, -0.15) is 0 Å². The van der Waals surface area contributed by atoms with Gasteiger partial charge in [-0.25, -0.2) is 29.9 Å². The number of carbonyl (C=O) groups is 2. The van der Waals surface area contributed by atoms with Crippen LogP contribution in [-0.2, 0) is 9.59 Å². The summed E-state index contributed by atoms with van der Waals surface area (Å²) in [4.78, 5) is 71.4. The highest BCUT2D eigenvalue weighted by Gasteiger charge is 2.26. The first-order chi connectivity index (χ1) is 42.9. The molecule has 11 aromatic rings. The predicted octanol–water partition coefficient (Wildman–Crippen LogP) is 14.0. The highest BCUT2D eigenvalue weighted by molar-refractivity contribution is 6.07. The number of hydrogen-bond acceptors (Lipinski definition) is 14. The van der Waals surface area contributed by atoms with Gasteiger partial charge in [0.05, 0.1) is 0 Å². The van der Waals surface area contributed by atoms with Crippen LogP contribution >= 0.6 is 0 Å². The third-order valence-electron chi connectivity index (χ3n) is 16.5. The predicted molar refractivity (Wildman–Crippen MR) is 341 cm³/mol. The van der Waals surface area contributed by atoms with Crippen molar-refractivity contribution in [2.75, 3.05) is 62.2 Å². The van der Waals surface area contributed by atoms with Crippen molar-refractivity contribution in [2.45, 2.75) is 27.7 Å². The standard InChI is InChI=1S/C70H58N12O6/c1-41-7-5-9-49(35-41)87-53-21-25-57-61(39-53)70-76-65(57)74-68-59-37-51(85-47-15-11-45(12-16-47)81-31-27-79(28-32-81)43(3)83)19-23-55(59)63(72-68)71-67-60-38-52(86-48-17-13-46(14-18-48)82-33-29-80(30-34-82)44(4)84)20-24-56(60)64(73-67)75-69-62-40-54(22-26-58(62)66(77-69)78-70)88-50-10-6-8-42(2)36-50/h5-26,35-40H,27-34H2,1-4H3,(H2,71,72,73,74,75,76,77,78). The molecule has 88 heavy (non-hydrogen) atoms. The molecule has 434 valence electrons. The number of H-pyrrole nitrogens is 2. The Kier molecular flexibility index (Phi) is 13.4. The summed E-state index contributed by atoms with van der Waals surface area (Å²) in [7, 11) is 0. The monoisotopic (exact) mass is 1160 g/mol. The van der Waals surface area contributed by atoms with Crippen molar-refractivity contribution < 1.29 is 28.5 Å². The maximum Gasteiger partial charge on any atom is 0.219 e. The van der Waals surface area contributed by atoms with E-state index in [9.17, 15) is 9.59 Å². The first kappa shape index (κ1) is 53.6. The number of anilines is 2. The normalized spacial score (nSPS) is 13.8. The Bertz CT molecular complexity index is 4780. The lowest BCUT2D eigenvalue weighted by molar-refractivity contribution is -0.129. The van der Waals surface area contributed by atoms with E-state index < -0.39 is 0 Å². The van der Waals surface area contributed by atoms with Gasteiger partial charge in [-0.05, 0) is 171 Å². The second-order valence-corrected chi connectivity index (χ2v) is 22.5. The number of ether oxygens (including phenoxy) is 4. The fraction of sp³-hybridized carbons (Fsp3) is 0.171. The number of nitrogens with one attached hydrogen (secondary N) is 2. The molecule has 3 aromatic heterocycles. The number of aromatic nitrogens is 8. The Morgan fingerprint density at radius 3 is 1.06 bits per heavy atom. The fourth-order valence-corrected chi connectivity index (χ4v) is 11.9. The summed E-state index contributed by atoms with van der Waals surface area (Å²) in [6.45, 7) is 13.1. The molecule has 4 aliphatic heterocycles. The van der Waals surface area contributed by atoms with Crippen LogP contribution in [0.15, 0.2) is 170 Å². The van der Waals surface area contributed by atoms with Crippen molar-refractivity contribution >= 4 is 67.3 Å². The minimum absolute atomic E-state index is 0.0977. The zero-order valence-corrected chi connectivity index (χ0v) is 48.7. The fourth-order valence-electron chi connectivity index (χ4n) is 11.9. The molecule has 7 heterocycles. The number of amides is 2. The number of hydrogen-bond donors (Lipinski definition) is 2. The van der Waals surface area contributed by atoms with Crippen molar-refractivity contribution in [2.24, 2.45) is 0 Å². The van der Waals surface area contributed by atoms with Crippen LogP contribution in [0.25, 0.3) is 89.7 Å². The molecule has 0 atom stereocenters. The van der Waals surface area contributed by atoms with E-state index in [1.54, 1.807) is 13.8 Å². The lowest BCUT2D eigenvalue weighted by Gasteiger charge is -2.35. The third-order valence-corrected chi connectivity index (χ3v) is 16.5. The molecule has 0 unspecified atom stereocenters. The highest BCUT2D eigenvalue weighted by Crippen LogP contribution is 2.42. The first-order valence-corrected chi connectivity index (χ1v) is 29.4. The Hall–Kier alpha value is -11.1. The van der Waals surface area contributed by atoms with Gasteiger partial charge in [-0.15, -0.1) is 0 Å². The number of fused-ring (bicyclic) bond motifs is 20. The number of rotatable bonds is 10. The molecule has 0 aliphatic carbocycles. The van der Waals surface area contributed by atoms with Crippen molar-refractivity contribution in [1.29, 1.82) is 0 Å². The summed E-state index contributed by atoms with van der Waals surface area (Å²) in [5.74, 6) is 6.94. The summed E-state index contributed by atoms with van der Waals surface area (Å²) in [5, 5.41) is 3.01. The van der Waals surface area contributed by atoms with Crippen molar-refractivity contribution in [3.8, 4) is 91.5 Å². The highest BCUT2D eigenvalue weighted by atomic mass is 16.5. The van der Waals surface area contributed by atoms with E-state index in [2.05, 4.69) is 44.0 Å². The zero-order chi connectivity index (χ0) is 59.6. The van der Waals surface area contributed by atoms with Crippen LogP contribution in [-0.4, -0.2) is 114 Å². The van der Waals surface area contributed by atoms with Gasteiger partial charge in [0.15, 0.2) is 23.3 Å². The van der Waals surface area contributed by atoms with E-state index in [0.717, 1.165) is 81.4 Å². The Morgan fingerprint density at radius 2 is 0.670 bits per heavy atom. The Labute approximate surface area is 505 Å². The summed E-state index contributed by atoms with van der Waals surface area (Å²) in [6, 6.07) is 55.3. The smallest absolute Gasteiger partial charge is 0.219 e.